The molecule has 1 aromatic heterocycles. The maximum absolute atomic E-state index is 11.6. The maximum Gasteiger partial charge on any atom is 0.308 e. The number of amides is 1. The minimum absolute atomic E-state index is 0.0253. The van der Waals surface area contributed by atoms with Gasteiger partial charge < -0.3 is 19.2 Å². The lowest BCUT2D eigenvalue weighted by Gasteiger charge is -2.26. The molecule has 0 bridgehead atoms. The highest BCUT2D eigenvalue weighted by molar-refractivity contribution is 5.77. The Morgan fingerprint density at radius 2 is 2.10 bits per heavy atom. The van der Waals surface area contributed by atoms with E-state index in [2.05, 4.69) is 5.32 Å². The first-order valence-electron chi connectivity index (χ1n) is 7.17. The van der Waals surface area contributed by atoms with E-state index in [-0.39, 0.29) is 30.5 Å². The molecule has 1 aromatic rings. The average molecular weight is 295 g/mol. The third-order valence-corrected chi connectivity index (χ3v) is 3.70. The highest BCUT2D eigenvalue weighted by Crippen LogP contribution is 2.26. The molecule has 1 fully saturated rings. The molecule has 0 saturated heterocycles. The maximum atomic E-state index is 11.6. The van der Waals surface area contributed by atoms with Gasteiger partial charge in [-0.3, -0.25) is 9.59 Å². The SMILES string of the molecule is COC(=O)C1CCC(OCC(=O)NCc2ccco2)CC1. The summed E-state index contributed by atoms with van der Waals surface area (Å²) in [7, 11) is 1.41. The van der Waals surface area contributed by atoms with E-state index in [0.717, 1.165) is 25.7 Å². The topological polar surface area (TPSA) is 77.8 Å². The van der Waals surface area contributed by atoms with Crippen molar-refractivity contribution in [3.8, 4) is 0 Å². The molecule has 21 heavy (non-hydrogen) atoms. The number of esters is 1. The molecule has 1 heterocycles. The van der Waals surface area contributed by atoms with Crippen molar-refractivity contribution < 1.29 is 23.5 Å². The van der Waals surface area contributed by atoms with Crippen molar-refractivity contribution in [2.24, 2.45) is 5.92 Å². The second kappa shape index (κ2) is 7.83. The molecule has 1 aliphatic carbocycles. The summed E-state index contributed by atoms with van der Waals surface area (Å²) < 4.78 is 15.4. The van der Waals surface area contributed by atoms with Gasteiger partial charge in [-0.15, -0.1) is 0 Å². The van der Waals surface area contributed by atoms with Crippen molar-refractivity contribution in [1.29, 1.82) is 0 Å². The third-order valence-electron chi connectivity index (χ3n) is 3.70. The summed E-state index contributed by atoms with van der Waals surface area (Å²) >= 11 is 0. The van der Waals surface area contributed by atoms with E-state index >= 15 is 0 Å². The lowest BCUT2D eigenvalue weighted by atomic mass is 9.87. The molecule has 116 valence electrons. The predicted octanol–water partition coefficient (Wildman–Crippen LogP) is 1.64. The van der Waals surface area contributed by atoms with Crippen LogP contribution >= 0.6 is 0 Å². The van der Waals surface area contributed by atoms with Gasteiger partial charge in [0.15, 0.2) is 0 Å². The summed E-state index contributed by atoms with van der Waals surface area (Å²) in [6, 6.07) is 3.58. The molecule has 0 unspecified atom stereocenters. The van der Waals surface area contributed by atoms with Crippen LogP contribution in [0.25, 0.3) is 0 Å². The Labute approximate surface area is 123 Å². The number of methoxy groups -OCH3 is 1. The van der Waals surface area contributed by atoms with Crippen LogP contribution in [0.15, 0.2) is 22.8 Å². The van der Waals surface area contributed by atoms with Crippen LogP contribution in [0.4, 0.5) is 0 Å². The Hall–Kier alpha value is -1.82. The average Bonchev–Trinajstić information content (AvgIpc) is 3.04. The van der Waals surface area contributed by atoms with E-state index < -0.39 is 0 Å². The van der Waals surface area contributed by atoms with E-state index in [4.69, 9.17) is 13.9 Å². The van der Waals surface area contributed by atoms with Gasteiger partial charge in [0, 0.05) is 0 Å². The second-order valence-electron chi connectivity index (χ2n) is 5.16. The molecule has 1 N–H and O–H groups in total. The first-order valence-corrected chi connectivity index (χ1v) is 7.17. The highest BCUT2D eigenvalue weighted by atomic mass is 16.5. The van der Waals surface area contributed by atoms with E-state index in [1.165, 1.54) is 7.11 Å². The molecule has 0 radical (unpaired) electrons. The van der Waals surface area contributed by atoms with Crippen LogP contribution in [0.5, 0.6) is 0 Å². The zero-order valence-corrected chi connectivity index (χ0v) is 12.2. The van der Waals surface area contributed by atoms with Crippen LogP contribution in [-0.4, -0.2) is 31.7 Å². The molecule has 6 nitrogen and oxygen atoms in total. The first-order chi connectivity index (χ1) is 10.2. The van der Waals surface area contributed by atoms with Gasteiger partial charge in [-0.1, -0.05) is 0 Å². The third kappa shape index (κ3) is 4.90. The lowest BCUT2D eigenvalue weighted by molar-refractivity contribution is -0.148. The molecule has 1 aliphatic rings. The van der Waals surface area contributed by atoms with Crippen LogP contribution in [0, 0.1) is 5.92 Å². The van der Waals surface area contributed by atoms with Crippen LogP contribution in [-0.2, 0) is 25.6 Å². The molecule has 1 saturated carbocycles. The van der Waals surface area contributed by atoms with Gasteiger partial charge in [-0.25, -0.2) is 0 Å². The number of hydrogen-bond donors (Lipinski definition) is 1. The van der Waals surface area contributed by atoms with Crippen molar-refractivity contribution in [2.45, 2.75) is 38.3 Å². The molecule has 0 aliphatic heterocycles. The fourth-order valence-electron chi connectivity index (χ4n) is 2.48. The molecule has 2 rings (SSSR count). The van der Waals surface area contributed by atoms with Gasteiger partial charge in [0.2, 0.25) is 5.91 Å². The van der Waals surface area contributed by atoms with Gasteiger partial charge in [0.25, 0.3) is 0 Å². The Bertz CT molecular complexity index is 449. The van der Waals surface area contributed by atoms with Gasteiger partial charge in [0.05, 0.1) is 31.9 Å². The minimum Gasteiger partial charge on any atom is -0.469 e. The largest absolute Gasteiger partial charge is 0.469 e. The monoisotopic (exact) mass is 295 g/mol. The van der Waals surface area contributed by atoms with E-state index in [1.807, 2.05) is 0 Å². The second-order valence-corrected chi connectivity index (χ2v) is 5.16. The number of hydrogen-bond acceptors (Lipinski definition) is 5. The Kier molecular flexibility index (Phi) is 5.80. The van der Waals surface area contributed by atoms with Crippen molar-refractivity contribution in [1.82, 2.24) is 5.32 Å². The Morgan fingerprint density at radius 1 is 1.33 bits per heavy atom. The van der Waals surface area contributed by atoms with Crippen LogP contribution in [0.3, 0.4) is 0 Å². The van der Waals surface area contributed by atoms with E-state index in [0.29, 0.717) is 12.3 Å². The molecule has 0 aromatic carbocycles. The first kappa shape index (κ1) is 15.6. The quantitative estimate of drug-likeness (QED) is 0.807. The highest BCUT2D eigenvalue weighted by Gasteiger charge is 2.27. The smallest absolute Gasteiger partial charge is 0.308 e. The van der Waals surface area contributed by atoms with Gasteiger partial charge in [-0.05, 0) is 37.8 Å². The van der Waals surface area contributed by atoms with E-state index in [1.54, 1.807) is 18.4 Å². The van der Waals surface area contributed by atoms with Gasteiger partial charge >= 0.3 is 5.97 Å². The van der Waals surface area contributed by atoms with E-state index in [9.17, 15) is 9.59 Å². The summed E-state index contributed by atoms with van der Waals surface area (Å²) in [5, 5.41) is 2.73. The standard InChI is InChI=1S/C15H21NO5/c1-19-15(18)11-4-6-12(7-5-11)21-10-14(17)16-9-13-3-2-8-20-13/h2-3,8,11-12H,4-7,9-10H2,1H3,(H,16,17). The zero-order valence-electron chi connectivity index (χ0n) is 12.2. The summed E-state index contributed by atoms with van der Waals surface area (Å²) in [5.41, 5.74) is 0. The minimum atomic E-state index is -0.165. The summed E-state index contributed by atoms with van der Waals surface area (Å²) in [6.45, 7) is 0.401. The van der Waals surface area contributed by atoms with Gasteiger partial charge in [0.1, 0.15) is 12.4 Å². The normalized spacial score (nSPS) is 21.8. The summed E-state index contributed by atoms with van der Waals surface area (Å²) in [6.07, 6.45) is 4.69. The molecule has 0 spiro atoms. The number of furan rings is 1. The number of rotatable bonds is 6. The summed E-state index contributed by atoms with van der Waals surface area (Å²) in [4.78, 5) is 23.0. The van der Waals surface area contributed by atoms with Gasteiger partial charge in [-0.2, -0.15) is 0 Å². The van der Waals surface area contributed by atoms with Crippen molar-refractivity contribution >= 4 is 11.9 Å². The number of nitrogens with one attached hydrogen (secondary N) is 1. The predicted molar refractivity (Wildman–Crippen MR) is 74.3 cm³/mol. The van der Waals surface area contributed by atoms with Crippen LogP contribution < -0.4 is 5.32 Å². The fraction of sp³-hybridized carbons (Fsp3) is 0.600. The Morgan fingerprint density at radius 3 is 2.71 bits per heavy atom. The van der Waals surface area contributed by atoms with Crippen LogP contribution in [0.1, 0.15) is 31.4 Å². The molecule has 0 atom stereocenters. The number of ether oxygens (including phenoxy) is 2. The zero-order chi connectivity index (χ0) is 15.1. The molecular weight excluding hydrogens is 274 g/mol. The van der Waals surface area contributed by atoms with Crippen LogP contribution in [0.2, 0.25) is 0 Å². The van der Waals surface area contributed by atoms with Crippen molar-refractivity contribution in [2.75, 3.05) is 13.7 Å². The van der Waals surface area contributed by atoms with Crippen molar-refractivity contribution in [3.63, 3.8) is 0 Å². The molecule has 1 amide bonds. The fourth-order valence-corrected chi connectivity index (χ4v) is 2.48. The molecular formula is C15H21NO5. The summed E-state index contributed by atoms with van der Waals surface area (Å²) in [5.74, 6) is 0.371. The number of carbonyl (C=O) groups is 2. The lowest BCUT2D eigenvalue weighted by Crippen LogP contribution is -2.32. The number of carbonyl (C=O) groups excluding carboxylic acids is 2. The molecule has 6 heteroatoms. The van der Waals surface area contributed by atoms with Crippen molar-refractivity contribution in [3.05, 3.63) is 24.2 Å². The Balaban J connectivity index is 1.60.